The molecule has 0 saturated heterocycles. The Bertz CT molecular complexity index is 538. The fourth-order valence-electron chi connectivity index (χ4n) is 0.997. The van der Waals surface area contributed by atoms with Crippen molar-refractivity contribution in [1.29, 1.82) is 0 Å². The number of carbonyl (C=O) groups is 1. The zero-order valence-electron chi connectivity index (χ0n) is 9.58. The normalized spacial score (nSPS) is 12.8. The number of rotatable bonds is 3. The summed E-state index contributed by atoms with van der Waals surface area (Å²) in [7, 11) is -3.50. The number of thiophene rings is 1. The highest BCUT2D eigenvalue weighted by Gasteiger charge is 2.32. The van der Waals surface area contributed by atoms with Crippen molar-refractivity contribution in [1.82, 2.24) is 0 Å². The zero-order chi connectivity index (χ0) is 13.4. The molecule has 0 amide bonds. The van der Waals surface area contributed by atoms with Crippen LogP contribution in [0.4, 0.5) is 0 Å². The predicted octanol–water partition coefficient (Wildman–Crippen LogP) is 3.45. The number of ketones is 1. The monoisotopic (exact) mass is 314 g/mol. The van der Waals surface area contributed by atoms with Gasteiger partial charge in [0, 0.05) is 5.56 Å². The predicted molar refractivity (Wildman–Crippen MR) is 72.2 cm³/mol. The van der Waals surface area contributed by atoms with E-state index in [1.807, 2.05) is 0 Å². The van der Waals surface area contributed by atoms with E-state index in [2.05, 4.69) is 0 Å². The lowest BCUT2D eigenvalue weighted by Crippen LogP contribution is -2.33. The van der Waals surface area contributed by atoms with E-state index < -0.39 is 26.1 Å². The Labute approximate surface area is 115 Å². The molecule has 0 saturated carbocycles. The van der Waals surface area contributed by atoms with Crippen molar-refractivity contribution < 1.29 is 13.2 Å². The number of hydrogen-bond acceptors (Lipinski definition) is 4. The van der Waals surface area contributed by atoms with Gasteiger partial charge in [-0.05, 0) is 26.8 Å². The smallest absolute Gasteiger partial charge is 0.180 e. The van der Waals surface area contributed by atoms with Crippen LogP contribution in [0.5, 0.6) is 0 Å². The van der Waals surface area contributed by atoms with Gasteiger partial charge in [0.05, 0.1) is 9.08 Å². The largest absolute Gasteiger partial charge is 0.293 e. The molecule has 0 aliphatic rings. The molecule has 3 nitrogen and oxygen atoms in total. The Kier molecular flexibility index (Phi) is 4.29. The second-order valence-corrected chi connectivity index (χ2v) is 9.56. The average molecular weight is 315 g/mol. The first-order valence-corrected chi connectivity index (χ1v) is 7.97. The number of halogens is 2. The van der Waals surface area contributed by atoms with Gasteiger partial charge in [0.15, 0.2) is 15.6 Å². The lowest BCUT2D eigenvalue weighted by Gasteiger charge is -2.18. The number of Topliss-reactive ketones (excluding diaryl/α,β-unsaturated/α-hetero) is 1. The first-order chi connectivity index (χ1) is 7.54. The van der Waals surface area contributed by atoms with Crippen LogP contribution in [0.1, 0.15) is 31.1 Å². The van der Waals surface area contributed by atoms with E-state index >= 15 is 0 Å². The van der Waals surface area contributed by atoms with Crippen LogP contribution in [0, 0.1) is 0 Å². The van der Waals surface area contributed by atoms with E-state index in [1.54, 1.807) is 20.8 Å². The van der Waals surface area contributed by atoms with Gasteiger partial charge in [-0.25, -0.2) is 8.42 Å². The minimum atomic E-state index is -3.50. The Morgan fingerprint density at radius 3 is 2.24 bits per heavy atom. The van der Waals surface area contributed by atoms with Crippen LogP contribution in [-0.2, 0) is 9.84 Å². The maximum atomic E-state index is 11.9. The number of carbonyl (C=O) groups excluding carboxylic acids is 1. The van der Waals surface area contributed by atoms with Gasteiger partial charge in [-0.2, -0.15) is 0 Å². The van der Waals surface area contributed by atoms with Crippen molar-refractivity contribution in [2.45, 2.75) is 25.5 Å². The highest BCUT2D eigenvalue weighted by molar-refractivity contribution is 7.93. The Hall–Kier alpha value is -0.100. The quantitative estimate of drug-likeness (QED) is 0.803. The van der Waals surface area contributed by atoms with Crippen LogP contribution in [0.25, 0.3) is 0 Å². The first-order valence-electron chi connectivity index (χ1n) is 4.75. The molecule has 0 fully saturated rings. The van der Waals surface area contributed by atoms with Crippen molar-refractivity contribution in [3.05, 3.63) is 20.3 Å². The van der Waals surface area contributed by atoms with Gasteiger partial charge in [0.25, 0.3) is 0 Å². The minimum Gasteiger partial charge on any atom is -0.293 e. The molecule has 1 aromatic rings. The highest BCUT2D eigenvalue weighted by atomic mass is 35.5. The molecule has 1 aromatic heterocycles. The summed E-state index contributed by atoms with van der Waals surface area (Å²) in [5.74, 6) is -1.07. The number of hydrogen-bond donors (Lipinski definition) is 0. The summed E-state index contributed by atoms with van der Waals surface area (Å²) in [5.41, 5.74) is 0.175. The van der Waals surface area contributed by atoms with Crippen LogP contribution < -0.4 is 0 Å². The summed E-state index contributed by atoms with van der Waals surface area (Å²) in [5, 5.41) is 0. The fourth-order valence-corrected chi connectivity index (χ4v) is 3.43. The second kappa shape index (κ2) is 4.88. The van der Waals surface area contributed by atoms with Gasteiger partial charge in [0.2, 0.25) is 0 Å². The van der Waals surface area contributed by atoms with E-state index in [9.17, 15) is 13.2 Å². The van der Waals surface area contributed by atoms with Gasteiger partial charge < -0.3 is 0 Å². The summed E-state index contributed by atoms with van der Waals surface area (Å²) in [6.45, 7) is 4.66. The fraction of sp³-hybridized carbons (Fsp3) is 0.500. The Morgan fingerprint density at radius 2 is 1.88 bits per heavy atom. The maximum Gasteiger partial charge on any atom is 0.180 e. The van der Waals surface area contributed by atoms with E-state index in [1.165, 1.54) is 6.07 Å². The third-order valence-electron chi connectivity index (χ3n) is 2.21. The lowest BCUT2D eigenvalue weighted by molar-refractivity contribution is 0.102. The summed E-state index contributed by atoms with van der Waals surface area (Å²) in [4.78, 5) is 11.8. The van der Waals surface area contributed by atoms with E-state index in [0.717, 1.165) is 11.3 Å². The topological polar surface area (TPSA) is 51.2 Å². The van der Waals surface area contributed by atoms with Gasteiger partial charge in [0.1, 0.15) is 10.1 Å². The van der Waals surface area contributed by atoms with Crippen LogP contribution in [0.2, 0.25) is 8.67 Å². The maximum absolute atomic E-state index is 11.9. The van der Waals surface area contributed by atoms with Crippen LogP contribution in [0.15, 0.2) is 6.07 Å². The molecule has 0 atom stereocenters. The molecule has 7 heteroatoms. The molecule has 0 spiro atoms. The molecule has 96 valence electrons. The molecule has 0 aliphatic carbocycles. The Morgan fingerprint density at radius 1 is 1.35 bits per heavy atom. The van der Waals surface area contributed by atoms with Gasteiger partial charge in [-0.3, -0.25) is 4.79 Å². The molecule has 1 heterocycles. The molecular formula is C10H12Cl2O3S2. The van der Waals surface area contributed by atoms with Crippen molar-refractivity contribution in [2.24, 2.45) is 0 Å². The highest BCUT2D eigenvalue weighted by Crippen LogP contribution is 2.32. The lowest BCUT2D eigenvalue weighted by atomic mass is 10.2. The van der Waals surface area contributed by atoms with Crippen LogP contribution in [-0.4, -0.2) is 24.7 Å². The Balaban J connectivity index is 2.99. The molecule has 0 aliphatic heterocycles. The standard InChI is InChI=1S/C10H12Cl2O3S2/c1-10(2,3)17(14,15)5-7(13)6-4-8(11)16-9(6)12/h4H,5H2,1-3H3. The third-order valence-corrected chi connectivity index (χ3v) is 6.21. The molecule has 0 bridgehead atoms. The van der Waals surface area contributed by atoms with Crippen molar-refractivity contribution in [3.8, 4) is 0 Å². The SMILES string of the molecule is CC(C)(C)S(=O)(=O)CC(=O)c1cc(Cl)sc1Cl. The molecule has 0 N–H and O–H groups in total. The molecule has 1 rings (SSSR count). The van der Waals surface area contributed by atoms with Gasteiger partial charge >= 0.3 is 0 Å². The molecule has 0 aromatic carbocycles. The van der Waals surface area contributed by atoms with E-state index in [0.29, 0.717) is 4.34 Å². The average Bonchev–Trinajstić information content (AvgIpc) is 2.42. The second-order valence-electron chi connectivity index (χ2n) is 4.53. The summed E-state index contributed by atoms with van der Waals surface area (Å²) >= 11 is 12.6. The molecule has 0 unspecified atom stereocenters. The summed E-state index contributed by atoms with van der Waals surface area (Å²) < 4.78 is 23.4. The first kappa shape index (κ1) is 15.0. The summed E-state index contributed by atoms with van der Waals surface area (Å²) in [6, 6.07) is 1.40. The molecule has 0 radical (unpaired) electrons. The van der Waals surface area contributed by atoms with Crippen molar-refractivity contribution in [2.75, 3.05) is 5.75 Å². The van der Waals surface area contributed by atoms with Gasteiger partial charge in [-0.15, -0.1) is 11.3 Å². The molecule has 17 heavy (non-hydrogen) atoms. The minimum absolute atomic E-state index is 0.175. The van der Waals surface area contributed by atoms with E-state index in [-0.39, 0.29) is 9.90 Å². The van der Waals surface area contributed by atoms with Crippen LogP contribution >= 0.6 is 34.5 Å². The van der Waals surface area contributed by atoms with Crippen molar-refractivity contribution >= 4 is 50.2 Å². The van der Waals surface area contributed by atoms with Crippen LogP contribution in [0.3, 0.4) is 0 Å². The third kappa shape index (κ3) is 3.44. The van der Waals surface area contributed by atoms with Gasteiger partial charge in [-0.1, -0.05) is 23.2 Å². The zero-order valence-corrected chi connectivity index (χ0v) is 12.7. The van der Waals surface area contributed by atoms with E-state index in [4.69, 9.17) is 23.2 Å². The summed E-state index contributed by atoms with van der Waals surface area (Å²) in [6.07, 6.45) is 0. The van der Waals surface area contributed by atoms with Crippen molar-refractivity contribution in [3.63, 3.8) is 0 Å². The molecular weight excluding hydrogens is 303 g/mol. The number of sulfone groups is 1.